The van der Waals surface area contributed by atoms with Gasteiger partial charge in [0.1, 0.15) is 18.2 Å². The minimum Gasteiger partial charge on any atom is -0.490 e. The highest BCUT2D eigenvalue weighted by atomic mass is 79.9. The summed E-state index contributed by atoms with van der Waals surface area (Å²) in [6, 6.07) is 4.34. The zero-order valence-electron chi connectivity index (χ0n) is 9.46. The van der Waals surface area contributed by atoms with Gasteiger partial charge in [-0.15, -0.1) is 0 Å². The van der Waals surface area contributed by atoms with Crippen LogP contribution < -0.4 is 4.74 Å². The van der Waals surface area contributed by atoms with Crippen LogP contribution in [0.1, 0.15) is 26.7 Å². The van der Waals surface area contributed by atoms with Crippen molar-refractivity contribution in [2.45, 2.75) is 32.3 Å². The molecule has 2 nitrogen and oxygen atoms in total. The van der Waals surface area contributed by atoms with Crippen LogP contribution in [0.5, 0.6) is 5.75 Å². The van der Waals surface area contributed by atoms with Crippen molar-refractivity contribution in [3.63, 3.8) is 0 Å². The van der Waals surface area contributed by atoms with Crippen LogP contribution in [-0.4, -0.2) is 17.3 Å². The largest absolute Gasteiger partial charge is 0.490 e. The SMILES string of the molecule is CCC(O)(CC)COc1cc(F)cc(Br)c1. The molecule has 0 bridgehead atoms. The van der Waals surface area contributed by atoms with Crippen molar-refractivity contribution < 1.29 is 14.2 Å². The van der Waals surface area contributed by atoms with Gasteiger partial charge in [0.05, 0.1) is 5.60 Å². The summed E-state index contributed by atoms with van der Waals surface area (Å²) in [6.45, 7) is 3.97. The van der Waals surface area contributed by atoms with Gasteiger partial charge in [-0.05, 0) is 25.0 Å². The fraction of sp³-hybridized carbons (Fsp3) is 0.500. The highest BCUT2D eigenvalue weighted by Gasteiger charge is 2.23. The van der Waals surface area contributed by atoms with Gasteiger partial charge in [0.25, 0.3) is 0 Å². The molecule has 0 saturated heterocycles. The Labute approximate surface area is 104 Å². The van der Waals surface area contributed by atoms with E-state index >= 15 is 0 Å². The molecule has 1 aromatic carbocycles. The van der Waals surface area contributed by atoms with Gasteiger partial charge >= 0.3 is 0 Å². The molecule has 0 saturated carbocycles. The van der Waals surface area contributed by atoms with E-state index in [9.17, 15) is 9.50 Å². The highest BCUT2D eigenvalue weighted by molar-refractivity contribution is 9.10. The van der Waals surface area contributed by atoms with E-state index in [4.69, 9.17) is 4.74 Å². The average Bonchev–Trinajstić information content (AvgIpc) is 2.25. The first-order chi connectivity index (χ1) is 7.49. The quantitative estimate of drug-likeness (QED) is 0.899. The van der Waals surface area contributed by atoms with Crippen LogP contribution in [0, 0.1) is 5.82 Å². The summed E-state index contributed by atoms with van der Waals surface area (Å²) in [4.78, 5) is 0. The van der Waals surface area contributed by atoms with E-state index in [-0.39, 0.29) is 12.4 Å². The van der Waals surface area contributed by atoms with E-state index in [1.165, 1.54) is 12.1 Å². The Bertz CT molecular complexity index is 331. The van der Waals surface area contributed by atoms with Gasteiger partial charge in [-0.25, -0.2) is 4.39 Å². The topological polar surface area (TPSA) is 29.5 Å². The van der Waals surface area contributed by atoms with Gasteiger partial charge in [-0.2, -0.15) is 0 Å². The number of benzene rings is 1. The molecule has 1 aromatic rings. The van der Waals surface area contributed by atoms with Crippen LogP contribution in [-0.2, 0) is 0 Å². The fourth-order valence-corrected chi connectivity index (χ4v) is 1.73. The normalized spacial score (nSPS) is 11.6. The lowest BCUT2D eigenvalue weighted by Crippen LogP contribution is -2.34. The van der Waals surface area contributed by atoms with E-state index < -0.39 is 5.60 Å². The first-order valence-corrected chi connectivity index (χ1v) is 6.09. The van der Waals surface area contributed by atoms with Crippen LogP contribution in [0.25, 0.3) is 0 Å². The Morgan fingerprint density at radius 2 is 1.94 bits per heavy atom. The summed E-state index contributed by atoms with van der Waals surface area (Å²) in [6.07, 6.45) is 1.22. The number of aliphatic hydroxyl groups is 1. The van der Waals surface area contributed by atoms with Crippen molar-refractivity contribution in [2.24, 2.45) is 0 Å². The molecule has 0 aliphatic heterocycles. The second-order valence-electron chi connectivity index (χ2n) is 3.83. The first-order valence-electron chi connectivity index (χ1n) is 5.30. The van der Waals surface area contributed by atoms with Crippen LogP contribution in [0.4, 0.5) is 4.39 Å². The smallest absolute Gasteiger partial charge is 0.128 e. The van der Waals surface area contributed by atoms with Crippen LogP contribution in [0.3, 0.4) is 0 Å². The summed E-state index contributed by atoms with van der Waals surface area (Å²) >= 11 is 3.19. The van der Waals surface area contributed by atoms with Crippen molar-refractivity contribution in [1.29, 1.82) is 0 Å². The lowest BCUT2D eigenvalue weighted by molar-refractivity contribution is -0.0114. The van der Waals surface area contributed by atoms with Gasteiger partial charge in [-0.3, -0.25) is 0 Å². The molecule has 0 aliphatic carbocycles. The Morgan fingerprint density at radius 1 is 1.31 bits per heavy atom. The Morgan fingerprint density at radius 3 is 2.44 bits per heavy atom. The van der Waals surface area contributed by atoms with E-state index in [1.807, 2.05) is 13.8 Å². The number of hydrogen-bond acceptors (Lipinski definition) is 2. The maximum Gasteiger partial charge on any atom is 0.128 e. The average molecular weight is 291 g/mol. The zero-order chi connectivity index (χ0) is 12.2. The Kier molecular flexibility index (Phi) is 4.74. The molecule has 90 valence electrons. The molecule has 1 rings (SSSR count). The van der Waals surface area contributed by atoms with Crippen molar-refractivity contribution in [1.82, 2.24) is 0 Å². The Hall–Kier alpha value is -0.610. The second kappa shape index (κ2) is 5.64. The summed E-state index contributed by atoms with van der Waals surface area (Å²) in [5.41, 5.74) is -0.835. The number of halogens is 2. The summed E-state index contributed by atoms with van der Waals surface area (Å²) in [7, 11) is 0. The van der Waals surface area contributed by atoms with Gasteiger partial charge in [-0.1, -0.05) is 29.8 Å². The lowest BCUT2D eigenvalue weighted by atomic mass is 9.99. The van der Waals surface area contributed by atoms with Gasteiger partial charge in [0.2, 0.25) is 0 Å². The predicted molar refractivity (Wildman–Crippen MR) is 65.1 cm³/mol. The molecule has 0 aliphatic rings. The minimum absolute atomic E-state index is 0.176. The minimum atomic E-state index is -0.835. The van der Waals surface area contributed by atoms with Crippen molar-refractivity contribution in [3.8, 4) is 5.75 Å². The third-order valence-electron chi connectivity index (χ3n) is 2.66. The molecule has 0 fully saturated rings. The first kappa shape index (κ1) is 13.5. The van der Waals surface area contributed by atoms with Gasteiger partial charge in [0, 0.05) is 10.5 Å². The summed E-state index contributed by atoms with van der Waals surface area (Å²) in [5, 5.41) is 10.00. The second-order valence-corrected chi connectivity index (χ2v) is 4.74. The van der Waals surface area contributed by atoms with E-state index in [0.29, 0.717) is 23.1 Å². The third kappa shape index (κ3) is 3.76. The molecule has 0 aromatic heterocycles. The molecule has 0 amide bonds. The lowest BCUT2D eigenvalue weighted by Gasteiger charge is -2.25. The predicted octanol–water partition coefficient (Wildman–Crippen LogP) is 3.52. The van der Waals surface area contributed by atoms with Gasteiger partial charge < -0.3 is 9.84 Å². The zero-order valence-corrected chi connectivity index (χ0v) is 11.1. The molecular weight excluding hydrogens is 275 g/mol. The Balaban J connectivity index is 2.67. The maximum absolute atomic E-state index is 13.0. The van der Waals surface area contributed by atoms with E-state index in [1.54, 1.807) is 6.07 Å². The van der Waals surface area contributed by atoms with Crippen LogP contribution in [0.2, 0.25) is 0 Å². The van der Waals surface area contributed by atoms with Crippen molar-refractivity contribution in [2.75, 3.05) is 6.61 Å². The van der Waals surface area contributed by atoms with Crippen molar-refractivity contribution >= 4 is 15.9 Å². The number of hydrogen-bond donors (Lipinski definition) is 1. The van der Waals surface area contributed by atoms with Crippen molar-refractivity contribution in [3.05, 3.63) is 28.5 Å². The molecule has 0 atom stereocenters. The molecule has 0 spiro atoms. The number of ether oxygens (including phenoxy) is 1. The molecule has 0 unspecified atom stereocenters. The summed E-state index contributed by atoms with van der Waals surface area (Å²) < 4.78 is 19.1. The monoisotopic (exact) mass is 290 g/mol. The van der Waals surface area contributed by atoms with E-state index in [0.717, 1.165) is 0 Å². The standard InChI is InChI=1S/C12H16BrFO2/c1-3-12(15,4-2)8-16-11-6-9(13)5-10(14)7-11/h5-7,15H,3-4,8H2,1-2H3. The van der Waals surface area contributed by atoms with Crippen LogP contribution in [0.15, 0.2) is 22.7 Å². The van der Waals surface area contributed by atoms with E-state index in [2.05, 4.69) is 15.9 Å². The molecular formula is C12H16BrFO2. The fourth-order valence-electron chi connectivity index (χ4n) is 1.28. The highest BCUT2D eigenvalue weighted by Crippen LogP contribution is 2.23. The molecule has 1 N–H and O–H groups in total. The third-order valence-corrected chi connectivity index (χ3v) is 3.12. The van der Waals surface area contributed by atoms with Gasteiger partial charge in [0.15, 0.2) is 0 Å². The molecule has 16 heavy (non-hydrogen) atoms. The number of rotatable bonds is 5. The molecule has 0 heterocycles. The molecule has 0 radical (unpaired) electrons. The maximum atomic E-state index is 13.0. The molecule has 4 heteroatoms. The summed E-state index contributed by atoms with van der Waals surface area (Å²) in [5.74, 6) is 0.0631. The van der Waals surface area contributed by atoms with Crippen LogP contribution >= 0.6 is 15.9 Å².